The van der Waals surface area contributed by atoms with Crippen molar-refractivity contribution < 1.29 is 9.47 Å². The first-order valence-electron chi connectivity index (χ1n) is 6.67. The van der Waals surface area contributed by atoms with Gasteiger partial charge in [0, 0.05) is 31.1 Å². The first kappa shape index (κ1) is 17.2. The minimum Gasteiger partial charge on any atom is -0.352 e. The van der Waals surface area contributed by atoms with Crippen LogP contribution in [0.4, 0.5) is 0 Å². The summed E-state index contributed by atoms with van der Waals surface area (Å²) in [4.78, 5) is 0. The van der Waals surface area contributed by atoms with E-state index in [0.717, 1.165) is 13.1 Å². The lowest BCUT2D eigenvalue weighted by molar-refractivity contribution is -0.132. The summed E-state index contributed by atoms with van der Waals surface area (Å²) in [6, 6.07) is 0. The molecule has 0 aromatic heterocycles. The highest BCUT2D eigenvalue weighted by molar-refractivity contribution is 8.00. The van der Waals surface area contributed by atoms with Crippen LogP contribution in [0.3, 0.4) is 0 Å². The number of nitrogens with one attached hydrogen (secondary N) is 1. The lowest BCUT2D eigenvalue weighted by Crippen LogP contribution is -2.41. The Morgan fingerprint density at radius 2 is 1.59 bits per heavy atom. The van der Waals surface area contributed by atoms with Crippen LogP contribution in [-0.4, -0.2) is 43.6 Å². The van der Waals surface area contributed by atoms with E-state index in [-0.39, 0.29) is 6.29 Å². The topological polar surface area (TPSA) is 30.5 Å². The van der Waals surface area contributed by atoms with E-state index in [0.29, 0.717) is 18.0 Å². The van der Waals surface area contributed by atoms with Crippen LogP contribution in [0.1, 0.15) is 40.5 Å². The van der Waals surface area contributed by atoms with Crippen molar-refractivity contribution in [2.75, 3.05) is 32.6 Å². The number of ether oxygens (including phenoxy) is 2. The fourth-order valence-electron chi connectivity index (χ4n) is 1.82. The van der Waals surface area contributed by atoms with Crippen LogP contribution in [0.5, 0.6) is 0 Å². The van der Waals surface area contributed by atoms with Crippen molar-refractivity contribution >= 4 is 11.8 Å². The second-order valence-corrected chi connectivity index (χ2v) is 5.34. The standard InChI is InChI=1S/C13H29NO2S/c1-6-13(7-2,17-5)11-14-10-12(15-8-3)16-9-4/h12,14H,6-11H2,1-5H3. The highest BCUT2D eigenvalue weighted by Gasteiger charge is 2.24. The summed E-state index contributed by atoms with van der Waals surface area (Å²) < 4.78 is 11.4. The van der Waals surface area contributed by atoms with Crippen molar-refractivity contribution in [2.45, 2.75) is 51.6 Å². The molecule has 0 aliphatic carbocycles. The van der Waals surface area contributed by atoms with Gasteiger partial charge in [-0.3, -0.25) is 0 Å². The second kappa shape index (κ2) is 10.2. The van der Waals surface area contributed by atoms with Gasteiger partial charge < -0.3 is 14.8 Å². The highest BCUT2D eigenvalue weighted by atomic mass is 32.2. The second-order valence-electron chi connectivity index (χ2n) is 4.07. The predicted molar refractivity (Wildman–Crippen MR) is 76.7 cm³/mol. The van der Waals surface area contributed by atoms with E-state index in [1.165, 1.54) is 12.8 Å². The Kier molecular flexibility index (Phi) is 10.3. The first-order chi connectivity index (χ1) is 8.17. The van der Waals surface area contributed by atoms with E-state index in [4.69, 9.17) is 9.47 Å². The van der Waals surface area contributed by atoms with E-state index >= 15 is 0 Å². The van der Waals surface area contributed by atoms with E-state index in [1.807, 2.05) is 25.6 Å². The van der Waals surface area contributed by atoms with E-state index < -0.39 is 0 Å². The molecule has 0 unspecified atom stereocenters. The molecule has 4 heteroatoms. The van der Waals surface area contributed by atoms with Crippen LogP contribution in [0.2, 0.25) is 0 Å². The Morgan fingerprint density at radius 3 is 1.94 bits per heavy atom. The van der Waals surface area contributed by atoms with Gasteiger partial charge in [0.15, 0.2) is 6.29 Å². The smallest absolute Gasteiger partial charge is 0.169 e. The van der Waals surface area contributed by atoms with Crippen molar-refractivity contribution in [3.8, 4) is 0 Å². The molecule has 0 bridgehead atoms. The zero-order chi connectivity index (χ0) is 13.1. The van der Waals surface area contributed by atoms with Gasteiger partial charge in [-0.2, -0.15) is 11.8 Å². The fourth-order valence-corrected chi connectivity index (χ4v) is 2.64. The summed E-state index contributed by atoms with van der Waals surface area (Å²) in [6.07, 6.45) is 4.45. The lowest BCUT2D eigenvalue weighted by Gasteiger charge is -2.30. The van der Waals surface area contributed by atoms with Crippen LogP contribution < -0.4 is 5.32 Å². The van der Waals surface area contributed by atoms with E-state index in [1.54, 1.807) is 0 Å². The molecule has 0 spiro atoms. The number of hydrogen-bond donors (Lipinski definition) is 1. The summed E-state index contributed by atoms with van der Waals surface area (Å²) in [5.41, 5.74) is 0. The largest absolute Gasteiger partial charge is 0.352 e. The van der Waals surface area contributed by atoms with Crippen LogP contribution in [-0.2, 0) is 9.47 Å². The van der Waals surface area contributed by atoms with Crippen LogP contribution in [0, 0.1) is 0 Å². The summed E-state index contributed by atoms with van der Waals surface area (Å²) in [6.45, 7) is 11.7. The third kappa shape index (κ3) is 6.65. The molecule has 0 aromatic rings. The summed E-state index contributed by atoms with van der Waals surface area (Å²) >= 11 is 1.95. The highest BCUT2D eigenvalue weighted by Crippen LogP contribution is 2.29. The lowest BCUT2D eigenvalue weighted by atomic mass is 10.0. The molecule has 0 aliphatic rings. The molecule has 0 aliphatic heterocycles. The Labute approximate surface area is 111 Å². The molecule has 0 saturated heterocycles. The summed E-state index contributed by atoms with van der Waals surface area (Å²) in [7, 11) is 0. The molecule has 3 nitrogen and oxygen atoms in total. The van der Waals surface area contributed by atoms with Crippen LogP contribution in [0.25, 0.3) is 0 Å². The molecule has 104 valence electrons. The predicted octanol–water partition coefficient (Wildman–Crippen LogP) is 2.90. The van der Waals surface area contributed by atoms with Crippen molar-refractivity contribution in [3.05, 3.63) is 0 Å². The first-order valence-corrected chi connectivity index (χ1v) is 7.89. The molecule has 0 radical (unpaired) electrons. The minimum absolute atomic E-state index is 0.113. The SMILES string of the molecule is CCOC(CNCC(CC)(CC)SC)OCC. The normalized spacial score (nSPS) is 12.4. The van der Waals surface area contributed by atoms with E-state index in [2.05, 4.69) is 25.4 Å². The maximum absolute atomic E-state index is 5.51. The number of rotatable bonds is 11. The van der Waals surface area contributed by atoms with Gasteiger partial charge in [0.2, 0.25) is 0 Å². The fraction of sp³-hybridized carbons (Fsp3) is 1.00. The quantitative estimate of drug-likeness (QED) is 0.581. The molecule has 1 N–H and O–H groups in total. The van der Waals surface area contributed by atoms with Crippen molar-refractivity contribution in [1.29, 1.82) is 0 Å². The average Bonchev–Trinajstić information content (AvgIpc) is 2.36. The number of hydrogen-bond acceptors (Lipinski definition) is 4. The average molecular weight is 263 g/mol. The molecule has 0 amide bonds. The molecule has 0 fully saturated rings. The Morgan fingerprint density at radius 1 is 1.06 bits per heavy atom. The molecular weight excluding hydrogens is 234 g/mol. The van der Waals surface area contributed by atoms with Gasteiger partial charge in [-0.1, -0.05) is 13.8 Å². The molecule has 0 saturated carbocycles. The summed E-state index contributed by atoms with van der Waals surface area (Å²) in [5.74, 6) is 0. The molecule has 17 heavy (non-hydrogen) atoms. The maximum Gasteiger partial charge on any atom is 0.169 e. The maximum atomic E-state index is 5.51. The Hall–Kier alpha value is 0.230. The zero-order valence-corrected chi connectivity index (χ0v) is 12.9. The molecular formula is C13H29NO2S. The zero-order valence-electron chi connectivity index (χ0n) is 12.0. The van der Waals surface area contributed by atoms with Gasteiger partial charge in [-0.15, -0.1) is 0 Å². The van der Waals surface area contributed by atoms with Crippen molar-refractivity contribution in [1.82, 2.24) is 5.32 Å². The van der Waals surface area contributed by atoms with Gasteiger partial charge in [0.05, 0.1) is 0 Å². The molecule has 0 atom stereocenters. The molecule has 0 rings (SSSR count). The van der Waals surface area contributed by atoms with Gasteiger partial charge in [-0.05, 0) is 32.9 Å². The molecule has 0 aromatic carbocycles. The van der Waals surface area contributed by atoms with Crippen LogP contribution in [0.15, 0.2) is 0 Å². The van der Waals surface area contributed by atoms with Gasteiger partial charge >= 0.3 is 0 Å². The monoisotopic (exact) mass is 263 g/mol. The third-order valence-corrected chi connectivity index (χ3v) is 4.77. The Bertz CT molecular complexity index is 161. The van der Waals surface area contributed by atoms with Gasteiger partial charge in [-0.25, -0.2) is 0 Å². The van der Waals surface area contributed by atoms with Gasteiger partial charge in [0.1, 0.15) is 0 Å². The number of thioether (sulfide) groups is 1. The summed E-state index contributed by atoms with van der Waals surface area (Å²) in [5, 5.41) is 3.48. The van der Waals surface area contributed by atoms with Crippen molar-refractivity contribution in [3.63, 3.8) is 0 Å². The van der Waals surface area contributed by atoms with E-state index in [9.17, 15) is 0 Å². The molecule has 0 heterocycles. The minimum atomic E-state index is -0.113. The van der Waals surface area contributed by atoms with Crippen molar-refractivity contribution in [2.24, 2.45) is 0 Å². The van der Waals surface area contributed by atoms with Gasteiger partial charge in [0.25, 0.3) is 0 Å². The third-order valence-electron chi connectivity index (χ3n) is 3.18. The van der Waals surface area contributed by atoms with Crippen LogP contribution >= 0.6 is 11.8 Å². The Balaban J connectivity index is 3.99.